The molecule has 17 heavy (non-hydrogen) atoms. The number of hydrogen-bond acceptors (Lipinski definition) is 2. The van der Waals surface area contributed by atoms with Crippen molar-refractivity contribution in [3.05, 3.63) is 28.2 Å². The first-order valence-electron chi connectivity index (χ1n) is 5.46. The smallest absolute Gasteiger partial charge is 0.241 e. The zero-order valence-corrected chi connectivity index (χ0v) is 11.3. The van der Waals surface area contributed by atoms with Crippen LogP contribution in [0.25, 0.3) is 0 Å². The van der Waals surface area contributed by atoms with Crippen molar-refractivity contribution in [1.82, 2.24) is 0 Å². The third kappa shape index (κ3) is 4.19. The van der Waals surface area contributed by atoms with Gasteiger partial charge >= 0.3 is 0 Å². The van der Waals surface area contributed by atoms with Crippen molar-refractivity contribution >= 4 is 34.8 Å². The highest BCUT2D eigenvalue weighted by atomic mass is 35.5. The Hall–Kier alpha value is -0.770. The van der Waals surface area contributed by atoms with E-state index in [0.717, 1.165) is 6.42 Å². The Morgan fingerprint density at radius 1 is 1.35 bits per heavy atom. The second-order valence-corrected chi connectivity index (χ2v) is 4.93. The molecule has 94 valence electrons. The number of halogens is 2. The highest BCUT2D eigenvalue weighted by Gasteiger charge is 2.19. The van der Waals surface area contributed by atoms with Gasteiger partial charge in [-0.2, -0.15) is 0 Å². The van der Waals surface area contributed by atoms with Gasteiger partial charge in [0.2, 0.25) is 5.91 Å². The molecular weight excluding hydrogens is 259 g/mol. The first kappa shape index (κ1) is 14.3. The Bertz CT molecular complexity index is 389. The fourth-order valence-corrected chi connectivity index (χ4v) is 1.89. The van der Waals surface area contributed by atoms with Crippen LogP contribution in [0, 0.1) is 5.92 Å². The first-order chi connectivity index (χ1) is 7.93. The molecule has 0 aliphatic rings. The van der Waals surface area contributed by atoms with Gasteiger partial charge in [0.25, 0.3) is 0 Å². The molecule has 0 heterocycles. The van der Waals surface area contributed by atoms with Crippen LogP contribution in [0.5, 0.6) is 0 Å². The van der Waals surface area contributed by atoms with Gasteiger partial charge in [0.05, 0.1) is 6.04 Å². The summed E-state index contributed by atoms with van der Waals surface area (Å²) < 4.78 is 0. The molecule has 0 aliphatic heterocycles. The monoisotopic (exact) mass is 274 g/mol. The molecule has 0 saturated heterocycles. The second kappa shape index (κ2) is 6.24. The molecule has 2 atom stereocenters. The van der Waals surface area contributed by atoms with Crippen molar-refractivity contribution in [2.75, 3.05) is 5.32 Å². The van der Waals surface area contributed by atoms with Gasteiger partial charge < -0.3 is 11.1 Å². The molecule has 1 aromatic carbocycles. The molecule has 5 heteroatoms. The minimum Gasteiger partial charge on any atom is -0.325 e. The number of nitrogens with two attached hydrogens (primary N) is 1. The van der Waals surface area contributed by atoms with E-state index in [2.05, 4.69) is 5.32 Å². The molecule has 0 bridgehead atoms. The van der Waals surface area contributed by atoms with E-state index < -0.39 is 6.04 Å². The quantitative estimate of drug-likeness (QED) is 0.885. The second-order valence-electron chi connectivity index (χ2n) is 4.06. The lowest BCUT2D eigenvalue weighted by atomic mass is 9.99. The number of rotatable bonds is 4. The van der Waals surface area contributed by atoms with Crippen molar-refractivity contribution in [3.63, 3.8) is 0 Å². The van der Waals surface area contributed by atoms with E-state index >= 15 is 0 Å². The van der Waals surface area contributed by atoms with Crippen molar-refractivity contribution in [1.29, 1.82) is 0 Å². The van der Waals surface area contributed by atoms with Gasteiger partial charge in [-0.05, 0) is 24.1 Å². The summed E-state index contributed by atoms with van der Waals surface area (Å²) in [7, 11) is 0. The molecule has 0 saturated carbocycles. The van der Waals surface area contributed by atoms with Crippen molar-refractivity contribution in [3.8, 4) is 0 Å². The highest BCUT2D eigenvalue weighted by Crippen LogP contribution is 2.22. The molecule has 0 aromatic heterocycles. The van der Waals surface area contributed by atoms with Crippen molar-refractivity contribution < 1.29 is 4.79 Å². The van der Waals surface area contributed by atoms with E-state index in [4.69, 9.17) is 28.9 Å². The minimum absolute atomic E-state index is 0.129. The van der Waals surface area contributed by atoms with Crippen LogP contribution in [0.15, 0.2) is 18.2 Å². The molecule has 1 rings (SSSR count). The fourth-order valence-electron chi connectivity index (χ4n) is 1.36. The summed E-state index contributed by atoms with van der Waals surface area (Å²) in [5.74, 6) is -0.0951. The van der Waals surface area contributed by atoms with Crippen molar-refractivity contribution in [2.24, 2.45) is 11.7 Å². The van der Waals surface area contributed by atoms with Crippen LogP contribution < -0.4 is 11.1 Å². The van der Waals surface area contributed by atoms with Gasteiger partial charge in [-0.3, -0.25) is 4.79 Å². The topological polar surface area (TPSA) is 55.1 Å². The normalized spacial score (nSPS) is 14.2. The van der Waals surface area contributed by atoms with Gasteiger partial charge in [0.1, 0.15) is 0 Å². The summed E-state index contributed by atoms with van der Waals surface area (Å²) in [4.78, 5) is 11.8. The molecule has 1 amide bonds. The van der Waals surface area contributed by atoms with Crippen molar-refractivity contribution in [2.45, 2.75) is 26.3 Å². The zero-order valence-electron chi connectivity index (χ0n) is 9.84. The average molecular weight is 275 g/mol. The number of amides is 1. The molecule has 0 aliphatic carbocycles. The van der Waals surface area contributed by atoms with Crippen LogP contribution in [0.2, 0.25) is 10.0 Å². The molecule has 0 fully saturated rings. The lowest BCUT2D eigenvalue weighted by molar-refractivity contribution is -0.118. The summed E-state index contributed by atoms with van der Waals surface area (Å²) in [5.41, 5.74) is 6.38. The van der Waals surface area contributed by atoms with Crippen LogP contribution in [0.3, 0.4) is 0 Å². The third-order valence-corrected chi connectivity index (χ3v) is 3.13. The summed E-state index contributed by atoms with van der Waals surface area (Å²) in [6.07, 6.45) is 0.852. The van der Waals surface area contributed by atoms with E-state index in [0.29, 0.717) is 15.7 Å². The molecule has 1 aromatic rings. The Morgan fingerprint density at radius 2 is 1.88 bits per heavy atom. The zero-order chi connectivity index (χ0) is 13.0. The van der Waals surface area contributed by atoms with Crippen LogP contribution in [0.1, 0.15) is 20.3 Å². The standard InChI is InChI=1S/C12H16Cl2N2O/c1-3-7(2)11(15)12(17)16-10-5-8(13)4-9(14)6-10/h4-7,11H,3,15H2,1-2H3,(H,16,17)/t7-,11-/m0/s1. The average Bonchev–Trinajstić information content (AvgIpc) is 2.25. The third-order valence-electron chi connectivity index (χ3n) is 2.69. The number of nitrogens with one attached hydrogen (secondary N) is 1. The Balaban J connectivity index is 2.74. The predicted molar refractivity (Wildman–Crippen MR) is 72.5 cm³/mol. The highest BCUT2D eigenvalue weighted by molar-refractivity contribution is 6.35. The largest absolute Gasteiger partial charge is 0.325 e. The van der Waals surface area contributed by atoms with Gasteiger partial charge in [-0.25, -0.2) is 0 Å². The maximum atomic E-state index is 11.8. The lowest BCUT2D eigenvalue weighted by Crippen LogP contribution is -2.40. The molecule has 0 radical (unpaired) electrons. The number of benzene rings is 1. The van der Waals surface area contributed by atoms with Crippen LogP contribution in [-0.4, -0.2) is 11.9 Å². The lowest BCUT2D eigenvalue weighted by Gasteiger charge is -2.17. The predicted octanol–water partition coefficient (Wildman–Crippen LogP) is 3.31. The van der Waals surface area contributed by atoms with E-state index in [1.807, 2.05) is 13.8 Å². The summed E-state index contributed by atoms with van der Waals surface area (Å²) in [6, 6.07) is 4.34. The molecule has 0 unspecified atom stereocenters. The number of anilines is 1. The summed E-state index contributed by atoms with van der Waals surface area (Å²) in [5, 5.41) is 3.66. The van der Waals surface area contributed by atoms with E-state index in [1.165, 1.54) is 0 Å². The van der Waals surface area contributed by atoms with Crippen LogP contribution in [0.4, 0.5) is 5.69 Å². The molecule has 3 N–H and O–H groups in total. The Morgan fingerprint density at radius 3 is 2.35 bits per heavy atom. The van der Waals surface area contributed by atoms with E-state index in [-0.39, 0.29) is 11.8 Å². The molecule has 3 nitrogen and oxygen atoms in total. The van der Waals surface area contributed by atoms with E-state index in [9.17, 15) is 4.79 Å². The van der Waals surface area contributed by atoms with Gasteiger partial charge in [-0.1, -0.05) is 43.5 Å². The van der Waals surface area contributed by atoms with E-state index in [1.54, 1.807) is 18.2 Å². The van der Waals surface area contributed by atoms with Crippen LogP contribution >= 0.6 is 23.2 Å². The maximum Gasteiger partial charge on any atom is 0.241 e. The molecule has 0 spiro atoms. The SMILES string of the molecule is CC[C@H](C)[C@H](N)C(=O)Nc1cc(Cl)cc(Cl)c1. The minimum atomic E-state index is -0.530. The van der Waals surface area contributed by atoms with Crippen LogP contribution in [-0.2, 0) is 4.79 Å². The Kier molecular flexibility index (Phi) is 5.25. The fraction of sp³-hybridized carbons (Fsp3) is 0.417. The Labute approximate surface area is 111 Å². The molecular formula is C12H16Cl2N2O. The maximum absolute atomic E-state index is 11.8. The summed E-state index contributed by atoms with van der Waals surface area (Å²) in [6.45, 7) is 3.93. The number of carbonyl (C=O) groups excluding carboxylic acids is 1. The number of hydrogen-bond donors (Lipinski definition) is 2. The number of carbonyl (C=O) groups is 1. The summed E-state index contributed by atoms with van der Waals surface area (Å²) >= 11 is 11.7. The van der Waals surface area contributed by atoms with Gasteiger partial charge in [0, 0.05) is 15.7 Å². The van der Waals surface area contributed by atoms with Gasteiger partial charge in [0.15, 0.2) is 0 Å². The first-order valence-corrected chi connectivity index (χ1v) is 6.22. The van der Waals surface area contributed by atoms with Gasteiger partial charge in [-0.15, -0.1) is 0 Å².